The van der Waals surface area contributed by atoms with Crippen molar-refractivity contribution in [2.24, 2.45) is 0 Å². The van der Waals surface area contributed by atoms with Gasteiger partial charge >= 0.3 is 0 Å². The molecule has 1 atom stereocenters. The minimum atomic E-state index is 0.0134. The average molecular weight is 299 g/mol. The Kier molecular flexibility index (Phi) is 3.76. The minimum Gasteiger partial charge on any atom is -0.394 e. The van der Waals surface area contributed by atoms with Crippen molar-refractivity contribution in [1.29, 1.82) is 0 Å². The van der Waals surface area contributed by atoms with Crippen molar-refractivity contribution in [3.63, 3.8) is 0 Å². The van der Waals surface area contributed by atoms with Gasteiger partial charge in [-0.05, 0) is 38.1 Å². The fourth-order valence-electron chi connectivity index (χ4n) is 2.52. The Morgan fingerprint density at radius 3 is 2.65 bits per heavy atom. The van der Waals surface area contributed by atoms with Crippen molar-refractivity contribution in [2.45, 2.75) is 25.4 Å². The van der Waals surface area contributed by atoms with E-state index in [0.29, 0.717) is 0 Å². The molecule has 2 rings (SSSR count). The van der Waals surface area contributed by atoms with Gasteiger partial charge in [-0.25, -0.2) is 0 Å². The van der Waals surface area contributed by atoms with E-state index in [1.165, 1.54) is 5.69 Å². The normalized spacial score (nSPS) is 23.8. The predicted molar refractivity (Wildman–Crippen MR) is 74.4 cm³/mol. The lowest BCUT2D eigenvalue weighted by molar-refractivity contribution is 0.212. The van der Waals surface area contributed by atoms with E-state index in [-0.39, 0.29) is 18.2 Å². The van der Waals surface area contributed by atoms with Gasteiger partial charge in [0.1, 0.15) is 0 Å². The molecule has 1 aromatic carbocycles. The van der Waals surface area contributed by atoms with Gasteiger partial charge in [-0.1, -0.05) is 15.9 Å². The third kappa shape index (κ3) is 2.64. The third-order valence-electron chi connectivity index (χ3n) is 3.27. The highest BCUT2D eigenvalue weighted by atomic mass is 79.9. The number of halogens is 1. The monoisotopic (exact) mass is 298 g/mol. The van der Waals surface area contributed by atoms with E-state index in [9.17, 15) is 5.11 Å². The van der Waals surface area contributed by atoms with Gasteiger partial charge in [-0.15, -0.1) is 0 Å². The largest absolute Gasteiger partial charge is 0.394 e. The zero-order valence-electron chi connectivity index (χ0n) is 10.3. The summed E-state index contributed by atoms with van der Waals surface area (Å²) in [6.07, 6.45) is 0. The Labute approximate surface area is 111 Å². The summed E-state index contributed by atoms with van der Waals surface area (Å²) in [6.45, 7) is 6.33. The van der Waals surface area contributed by atoms with E-state index >= 15 is 0 Å². The number of piperazine rings is 1. The van der Waals surface area contributed by atoms with Gasteiger partial charge in [0.2, 0.25) is 0 Å². The van der Waals surface area contributed by atoms with E-state index < -0.39 is 0 Å². The van der Waals surface area contributed by atoms with Gasteiger partial charge in [-0.2, -0.15) is 0 Å². The molecule has 2 N–H and O–H groups in total. The van der Waals surface area contributed by atoms with E-state index in [4.69, 9.17) is 0 Å². The summed E-state index contributed by atoms with van der Waals surface area (Å²) in [6, 6.07) is 8.42. The Hall–Kier alpha value is -0.580. The fraction of sp³-hybridized carbons (Fsp3) is 0.538. The van der Waals surface area contributed by atoms with Crippen molar-refractivity contribution < 1.29 is 5.11 Å². The summed E-state index contributed by atoms with van der Waals surface area (Å²) in [5.74, 6) is 0. The standard InChI is InChI=1S/C13H19BrN2O/c1-13(2)9-15-7-12(8-17)16(13)11-5-3-10(14)4-6-11/h3-6,12,15,17H,7-9H2,1-2H3. The fourth-order valence-corrected chi connectivity index (χ4v) is 2.79. The molecule has 0 aromatic heterocycles. The van der Waals surface area contributed by atoms with Crippen LogP contribution in [0.3, 0.4) is 0 Å². The maximum absolute atomic E-state index is 9.52. The Bertz CT molecular complexity index is 378. The van der Waals surface area contributed by atoms with Crippen LogP contribution in [0.1, 0.15) is 13.8 Å². The average Bonchev–Trinajstić information content (AvgIpc) is 2.29. The van der Waals surface area contributed by atoms with Crippen LogP contribution in [0.2, 0.25) is 0 Å². The van der Waals surface area contributed by atoms with Crippen LogP contribution in [0.15, 0.2) is 28.7 Å². The Balaban J connectivity index is 2.33. The highest BCUT2D eigenvalue weighted by Gasteiger charge is 2.35. The molecule has 1 aliphatic heterocycles. The molecule has 4 heteroatoms. The molecule has 0 aliphatic carbocycles. The SMILES string of the molecule is CC1(C)CNCC(CO)N1c1ccc(Br)cc1. The van der Waals surface area contributed by atoms with Crippen LogP contribution >= 0.6 is 15.9 Å². The Morgan fingerprint density at radius 2 is 2.06 bits per heavy atom. The molecule has 17 heavy (non-hydrogen) atoms. The van der Waals surface area contributed by atoms with Crippen LogP contribution in [0, 0.1) is 0 Å². The predicted octanol–water partition coefficient (Wildman–Crippen LogP) is 2.00. The first kappa shape index (κ1) is 12.9. The molecule has 0 bridgehead atoms. The lowest BCUT2D eigenvalue weighted by atomic mass is 9.95. The van der Waals surface area contributed by atoms with Crippen LogP contribution in [-0.4, -0.2) is 36.4 Å². The second kappa shape index (κ2) is 4.96. The second-order valence-electron chi connectivity index (χ2n) is 5.13. The molecule has 1 heterocycles. The van der Waals surface area contributed by atoms with Gasteiger partial charge in [0, 0.05) is 28.8 Å². The molecule has 1 aliphatic rings. The molecular weight excluding hydrogens is 280 g/mol. The number of hydrogen-bond acceptors (Lipinski definition) is 3. The maximum atomic E-state index is 9.52. The van der Waals surface area contributed by atoms with Gasteiger partial charge in [0.15, 0.2) is 0 Å². The smallest absolute Gasteiger partial charge is 0.0651 e. The lowest BCUT2D eigenvalue weighted by Crippen LogP contribution is -2.64. The number of aliphatic hydroxyl groups excluding tert-OH is 1. The number of nitrogens with one attached hydrogen (secondary N) is 1. The van der Waals surface area contributed by atoms with E-state index in [1.807, 2.05) is 12.1 Å². The summed E-state index contributed by atoms with van der Waals surface area (Å²) >= 11 is 3.45. The van der Waals surface area contributed by atoms with E-state index in [0.717, 1.165) is 17.6 Å². The summed E-state index contributed by atoms with van der Waals surface area (Å²) in [4.78, 5) is 2.32. The highest BCUT2D eigenvalue weighted by molar-refractivity contribution is 9.10. The molecular formula is C13H19BrN2O. The number of hydrogen-bond donors (Lipinski definition) is 2. The summed E-state index contributed by atoms with van der Waals surface area (Å²) < 4.78 is 1.08. The molecule has 1 saturated heterocycles. The summed E-state index contributed by atoms with van der Waals surface area (Å²) in [5, 5.41) is 12.9. The van der Waals surface area contributed by atoms with Crippen LogP contribution in [0.5, 0.6) is 0 Å². The number of nitrogens with zero attached hydrogens (tertiary/aromatic N) is 1. The number of rotatable bonds is 2. The van der Waals surface area contributed by atoms with Crippen LogP contribution < -0.4 is 10.2 Å². The van der Waals surface area contributed by atoms with Gasteiger partial charge in [0.05, 0.1) is 12.6 Å². The minimum absolute atomic E-state index is 0.0134. The first-order chi connectivity index (χ1) is 8.04. The van der Waals surface area contributed by atoms with Crippen molar-refractivity contribution in [2.75, 3.05) is 24.6 Å². The first-order valence-electron chi connectivity index (χ1n) is 5.91. The molecule has 94 valence electrons. The van der Waals surface area contributed by atoms with Gasteiger partial charge < -0.3 is 15.3 Å². The van der Waals surface area contributed by atoms with Crippen LogP contribution in [-0.2, 0) is 0 Å². The van der Waals surface area contributed by atoms with E-state index in [1.54, 1.807) is 0 Å². The number of aliphatic hydroxyl groups is 1. The van der Waals surface area contributed by atoms with E-state index in [2.05, 4.69) is 52.1 Å². The molecule has 1 aromatic rings. The second-order valence-corrected chi connectivity index (χ2v) is 6.04. The number of anilines is 1. The van der Waals surface area contributed by atoms with Crippen molar-refractivity contribution in [3.05, 3.63) is 28.7 Å². The molecule has 1 unspecified atom stereocenters. The lowest BCUT2D eigenvalue weighted by Gasteiger charge is -2.49. The molecule has 1 fully saturated rings. The first-order valence-corrected chi connectivity index (χ1v) is 6.70. The molecule has 0 spiro atoms. The summed E-state index contributed by atoms with van der Waals surface area (Å²) in [7, 11) is 0. The highest BCUT2D eigenvalue weighted by Crippen LogP contribution is 2.29. The zero-order chi connectivity index (χ0) is 12.5. The van der Waals surface area contributed by atoms with Crippen molar-refractivity contribution in [3.8, 4) is 0 Å². The summed E-state index contributed by atoms with van der Waals surface area (Å²) in [5.41, 5.74) is 1.18. The Morgan fingerprint density at radius 1 is 1.41 bits per heavy atom. The van der Waals surface area contributed by atoms with Gasteiger partial charge in [-0.3, -0.25) is 0 Å². The molecule has 0 radical (unpaired) electrons. The maximum Gasteiger partial charge on any atom is 0.0651 e. The molecule has 3 nitrogen and oxygen atoms in total. The van der Waals surface area contributed by atoms with Crippen molar-refractivity contribution in [1.82, 2.24) is 5.32 Å². The topological polar surface area (TPSA) is 35.5 Å². The number of benzene rings is 1. The molecule has 0 saturated carbocycles. The van der Waals surface area contributed by atoms with Crippen molar-refractivity contribution >= 4 is 21.6 Å². The van der Waals surface area contributed by atoms with Crippen LogP contribution in [0.25, 0.3) is 0 Å². The van der Waals surface area contributed by atoms with Crippen LogP contribution in [0.4, 0.5) is 5.69 Å². The zero-order valence-corrected chi connectivity index (χ0v) is 11.9. The third-order valence-corrected chi connectivity index (χ3v) is 3.80. The molecule has 0 amide bonds. The van der Waals surface area contributed by atoms with Gasteiger partial charge in [0.25, 0.3) is 0 Å². The quantitative estimate of drug-likeness (QED) is 0.877.